The first kappa shape index (κ1) is 6.55. The van der Waals surface area contributed by atoms with E-state index in [4.69, 9.17) is 0 Å². The van der Waals surface area contributed by atoms with Crippen LogP contribution >= 0.6 is 0 Å². The summed E-state index contributed by atoms with van der Waals surface area (Å²) in [5.74, 6) is -1.05. The average Bonchev–Trinajstić information content (AvgIpc) is 1.87. The highest BCUT2D eigenvalue weighted by molar-refractivity contribution is 4.90. The van der Waals surface area contributed by atoms with Crippen molar-refractivity contribution >= 4 is 0 Å². The van der Waals surface area contributed by atoms with Crippen LogP contribution in [0.15, 0.2) is 0 Å². The Morgan fingerprint density at radius 1 is 1.20 bits per heavy atom. The van der Waals surface area contributed by atoms with Crippen LogP contribution in [0.1, 0.15) is 6.92 Å². The standard InChI is InChI=1S/C7H13FN2/c1-7(8)6-9-2-4-10(7)5-3-9/h2-6H2,1H3. The molecule has 3 heterocycles. The second-order valence-corrected chi connectivity index (χ2v) is 3.41. The van der Waals surface area contributed by atoms with Gasteiger partial charge in [0, 0.05) is 32.7 Å². The smallest absolute Gasteiger partial charge is 0.174 e. The number of hydrogen-bond donors (Lipinski definition) is 0. The maximum absolute atomic E-state index is 13.5. The summed E-state index contributed by atoms with van der Waals surface area (Å²) in [6.45, 7) is 6.21. The molecular weight excluding hydrogens is 131 g/mol. The van der Waals surface area contributed by atoms with E-state index in [2.05, 4.69) is 4.90 Å². The molecule has 0 aromatic heterocycles. The fourth-order valence-corrected chi connectivity index (χ4v) is 1.88. The molecule has 3 aliphatic heterocycles. The number of halogens is 1. The normalized spacial score (nSPS) is 53.4. The van der Waals surface area contributed by atoms with E-state index in [1.54, 1.807) is 6.92 Å². The lowest BCUT2D eigenvalue weighted by Gasteiger charge is -2.49. The number of nitrogens with zero attached hydrogens (tertiary/aromatic N) is 2. The van der Waals surface area contributed by atoms with Gasteiger partial charge in [0.25, 0.3) is 0 Å². The largest absolute Gasteiger partial charge is 0.296 e. The molecule has 2 nitrogen and oxygen atoms in total. The van der Waals surface area contributed by atoms with Crippen LogP contribution in [0.5, 0.6) is 0 Å². The number of alkyl halides is 1. The molecule has 0 N–H and O–H groups in total. The average molecular weight is 144 g/mol. The van der Waals surface area contributed by atoms with E-state index in [1.165, 1.54) is 0 Å². The summed E-state index contributed by atoms with van der Waals surface area (Å²) in [6, 6.07) is 0. The van der Waals surface area contributed by atoms with Gasteiger partial charge in [0.15, 0.2) is 5.79 Å². The molecule has 3 heteroatoms. The number of piperazine rings is 3. The Bertz CT molecular complexity index is 139. The summed E-state index contributed by atoms with van der Waals surface area (Å²) in [4.78, 5) is 4.13. The zero-order valence-electron chi connectivity index (χ0n) is 6.31. The molecule has 0 saturated carbocycles. The third-order valence-corrected chi connectivity index (χ3v) is 2.54. The third-order valence-electron chi connectivity index (χ3n) is 2.54. The van der Waals surface area contributed by atoms with Crippen LogP contribution in [0.4, 0.5) is 4.39 Å². The van der Waals surface area contributed by atoms with Crippen LogP contribution in [0.3, 0.4) is 0 Å². The lowest BCUT2D eigenvalue weighted by atomic mass is 10.1. The van der Waals surface area contributed by atoms with Gasteiger partial charge in [0.2, 0.25) is 0 Å². The number of fused-ring (bicyclic) bond motifs is 3. The molecule has 2 bridgehead atoms. The second kappa shape index (κ2) is 1.92. The third kappa shape index (κ3) is 0.847. The van der Waals surface area contributed by atoms with E-state index in [1.807, 2.05) is 4.90 Å². The molecule has 0 radical (unpaired) electrons. The van der Waals surface area contributed by atoms with E-state index in [0.29, 0.717) is 6.54 Å². The highest BCUT2D eigenvalue weighted by Gasteiger charge is 2.41. The molecule has 0 aromatic rings. The minimum absolute atomic E-state index is 0.604. The SMILES string of the molecule is CC1(F)CN2CCN1CC2. The van der Waals surface area contributed by atoms with E-state index in [0.717, 1.165) is 26.2 Å². The van der Waals surface area contributed by atoms with Crippen LogP contribution in [0.2, 0.25) is 0 Å². The Labute approximate surface area is 60.6 Å². The molecule has 0 amide bonds. The van der Waals surface area contributed by atoms with Crippen LogP contribution in [0, 0.1) is 0 Å². The maximum Gasteiger partial charge on any atom is 0.174 e. The van der Waals surface area contributed by atoms with Gasteiger partial charge in [0.1, 0.15) is 0 Å². The van der Waals surface area contributed by atoms with Gasteiger partial charge >= 0.3 is 0 Å². The predicted octanol–water partition coefficient (Wildman–Crippen LogP) is 0.303. The lowest BCUT2D eigenvalue weighted by Crippen LogP contribution is -2.65. The van der Waals surface area contributed by atoms with Crippen LogP contribution < -0.4 is 0 Å². The zero-order chi connectivity index (χ0) is 7.19. The molecule has 58 valence electrons. The molecule has 1 atom stereocenters. The van der Waals surface area contributed by atoms with Gasteiger partial charge in [-0.15, -0.1) is 0 Å². The van der Waals surface area contributed by atoms with Crippen molar-refractivity contribution < 1.29 is 4.39 Å². The molecule has 10 heavy (non-hydrogen) atoms. The van der Waals surface area contributed by atoms with Crippen LogP contribution in [0.25, 0.3) is 0 Å². The fraction of sp³-hybridized carbons (Fsp3) is 1.00. The molecule has 3 aliphatic rings. The Balaban J connectivity index is 2.15. The van der Waals surface area contributed by atoms with Crippen LogP contribution in [-0.4, -0.2) is 48.3 Å². The van der Waals surface area contributed by atoms with Crippen LogP contribution in [-0.2, 0) is 0 Å². The molecule has 0 aliphatic carbocycles. The Morgan fingerprint density at radius 2 is 1.80 bits per heavy atom. The molecule has 3 saturated heterocycles. The zero-order valence-corrected chi connectivity index (χ0v) is 6.31. The lowest BCUT2D eigenvalue weighted by molar-refractivity contribution is -0.119. The summed E-state index contributed by atoms with van der Waals surface area (Å²) in [6.07, 6.45) is 0. The van der Waals surface area contributed by atoms with E-state index in [9.17, 15) is 4.39 Å². The highest BCUT2D eigenvalue weighted by Crippen LogP contribution is 2.26. The number of hydrogen-bond acceptors (Lipinski definition) is 2. The van der Waals surface area contributed by atoms with Crippen molar-refractivity contribution in [3.63, 3.8) is 0 Å². The molecule has 3 rings (SSSR count). The first-order chi connectivity index (χ1) is 4.68. The van der Waals surface area contributed by atoms with Gasteiger partial charge in [-0.3, -0.25) is 9.80 Å². The molecular formula is C7H13FN2. The van der Waals surface area contributed by atoms with E-state index >= 15 is 0 Å². The molecule has 0 spiro atoms. The summed E-state index contributed by atoms with van der Waals surface area (Å²) in [7, 11) is 0. The maximum atomic E-state index is 13.5. The van der Waals surface area contributed by atoms with Crippen molar-refractivity contribution in [1.82, 2.24) is 9.80 Å². The summed E-state index contributed by atoms with van der Waals surface area (Å²) in [5, 5.41) is 0. The molecule has 0 aromatic carbocycles. The molecule has 1 unspecified atom stereocenters. The van der Waals surface area contributed by atoms with Crippen molar-refractivity contribution in [3.8, 4) is 0 Å². The second-order valence-electron chi connectivity index (χ2n) is 3.41. The first-order valence-corrected chi connectivity index (χ1v) is 3.85. The van der Waals surface area contributed by atoms with Gasteiger partial charge in [0.05, 0.1) is 0 Å². The van der Waals surface area contributed by atoms with Crippen molar-refractivity contribution in [3.05, 3.63) is 0 Å². The monoisotopic (exact) mass is 144 g/mol. The quantitative estimate of drug-likeness (QED) is 0.451. The summed E-state index contributed by atoms with van der Waals surface area (Å²) < 4.78 is 13.5. The minimum atomic E-state index is -1.05. The summed E-state index contributed by atoms with van der Waals surface area (Å²) >= 11 is 0. The van der Waals surface area contributed by atoms with Gasteiger partial charge in [-0.1, -0.05) is 0 Å². The first-order valence-electron chi connectivity index (χ1n) is 3.85. The van der Waals surface area contributed by atoms with Gasteiger partial charge in [-0.25, -0.2) is 4.39 Å². The van der Waals surface area contributed by atoms with Gasteiger partial charge in [-0.2, -0.15) is 0 Å². The van der Waals surface area contributed by atoms with Crippen molar-refractivity contribution in [2.75, 3.05) is 32.7 Å². The Hall–Kier alpha value is -0.150. The van der Waals surface area contributed by atoms with Gasteiger partial charge in [-0.05, 0) is 6.92 Å². The van der Waals surface area contributed by atoms with Crippen molar-refractivity contribution in [1.29, 1.82) is 0 Å². The van der Waals surface area contributed by atoms with E-state index in [-0.39, 0.29) is 0 Å². The Morgan fingerprint density at radius 3 is 2.00 bits per heavy atom. The van der Waals surface area contributed by atoms with Crippen molar-refractivity contribution in [2.45, 2.75) is 12.7 Å². The number of rotatable bonds is 0. The highest BCUT2D eigenvalue weighted by atomic mass is 19.1. The van der Waals surface area contributed by atoms with E-state index < -0.39 is 5.79 Å². The predicted molar refractivity (Wildman–Crippen MR) is 37.5 cm³/mol. The topological polar surface area (TPSA) is 6.48 Å². The fourth-order valence-electron chi connectivity index (χ4n) is 1.88. The Kier molecular flexibility index (Phi) is 1.26. The molecule has 3 fully saturated rings. The minimum Gasteiger partial charge on any atom is -0.296 e. The van der Waals surface area contributed by atoms with Gasteiger partial charge < -0.3 is 0 Å². The van der Waals surface area contributed by atoms with Crippen molar-refractivity contribution in [2.24, 2.45) is 0 Å². The summed E-state index contributed by atoms with van der Waals surface area (Å²) in [5.41, 5.74) is 0.